The van der Waals surface area contributed by atoms with Crippen LogP contribution in [0.15, 0.2) is 12.3 Å². The summed E-state index contributed by atoms with van der Waals surface area (Å²) in [6.45, 7) is 11.1. The molecule has 0 aromatic heterocycles. The van der Waals surface area contributed by atoms with Crippen LogP contribution in [0.3, 0.4) is 0 Å². The molecule has 3 N–H and O–H groups in total. The molecular formula is C23H43N3O3. The number of urea groups is 1. The van der Waals surface area contributed by atoms with E-state index in [1.165, 1.54) is 38.5 Å². The summed E-state index contributed by atoms with van der Waals surface area (Å²) in [7, 11) is 0. The summed E-state index contributed by atoms with van der Waals surface area (Å²) in [6.07, 6.45) is 11.2. The number of fused-ring (bicyclic) bond motifs is 2. The molecular weight excluding hydrogens is 366 g/mol. The Hall–Kier alpha value is -1.27. The van der Waals surface area contributed by atoms with Gasteiger partial charge in [-0.3, -0.25) is 0 Å². The molecule has 2 amide bonds. The van der Waals surface area contributed by atoms with Gasteiger partial charge in [-0.05, 0) is 56.4 Å². The van der Waals surface area contributed by atoms with Gasteiger partial charge in [0.15, 0.2) is 0 Å². The molecule has 0 radical (unpaired) electrons. The van der Waals surface area contributed by atoms with Crippen molar-refractivity contribution in [1.29, 1.82) is 0 Å². The summed E-state index contributed by atoms with van der Waals surface area (Å²) >= 11 is 0. The molecule has 29 heavy (non-hydrogen) atoms. The number of allylic oxidation sites excluding steroid dienone is 1. The summed E-state index contributed by atoms with van der Waals surface area (Å²) in [6, 6.07) is -0.0541. The van der Waals surface area contributed by atoms with Crippen LogP contribution in [0.1, 0.15) is 64.7 Å². The van der Waals surface area contributed by atoms with E-state index in [1.54, 1.807) is 0 Å². The van der Waals surface area contributed by atoms with E-state index < -0.39 is 0 Å². The highest BCUT2D eigenvalue weighted by Gasteiger charge is 2.31. The molecule has 6 nitrogen and oxygen atoms in total. The Morgan fingerprint density at radius 3 is 2.52 bits per heavy atom. The zero-order valence-corrected chi connectivity index (χ0v) is 18.5. The zero-order chi connectivity index (χ0) is 20.7. The van der Waals surface area contributed by atoms with Gasteiger partial charge in [0.2, 0.25) is 0 Å². The number of likely N-dealkylation sites (N-methyl/N-ethyl adjacent to an activating group) is 1. The van der Waals surface area contributed by atoms with Crippen LogP contribution in [0.2, 0.25) is 0 Å². The van der Waals surface area contributed by atoms with Crippen LogP contribution < -0.4 is 16.0 Å². The first-order chi connectivity index (χ1) is 14.2. The van der Waals surface area contributed by atoms with Crippen molar-refractivity contribution in [2.24, 2.45) is 17.8 Å². The number of carbonyl (C=O) groups is 1. The van der Waals surface area contributed by atoms with Crippen molar-refractivity contribution < 1.29 is 14.3 Å². The molecule has 0 aliphatic heterocycles. The van der Waals surface area contributed by atoms with Gasteiger partial charge in [-0.15, -0.1) is 0 Å². The Morgan fingerprint density at radius 1 is 1.00 bits per heavy atom. The Balaban J connectivity index is 1.38. The van der Waals surface area contributed by atoms with Gasteiger partial charge >= 0.3 is 6.03 Å². The van der Waals surface area contributed by atoms with Crippen molar-refractivity contribution in [3.63, 3.8) is 0 Å². The highest BCUT2D eigenvalue weighted by molar-refractivity contribution is 5.73. The lowest BCUT2D eigenvalue weighted by Crippen LogP contribution is -2.37. The van der Waals surface area contributed by atoms with Gasteiger partial charge in [-0.2, -0.15) is 0 Å². The minimum atomic E-state index is -0.0541. The van der Waals surface area contributed by atoms with Crippen LogP contribution in [0.4, 0.5) is 4.79 Å². The Bertz CT molecular complexity index is 460. The molecule has 168 valence electrons. The van der Waals surface area contributed by atoms with Crippen LogP contribution in [0.5, 0.6) is 0 Å². The van der Waals surface area contributed by atoms with E-state index in [0.29, 0.717) is 26.4 Å². The molecule has 2 rings (SSSR count). The molecule has 2 aliphatic carbocycles. The van der Waals surface area contributed by atoms with Crippen molar-refractivity contribution in [2.75, 3.05) is 46.0 Å². The lowest BCUT2D eigenvalue weighted by Gasteiger charge is -2.39. The highest BCUT2D eigenvalue weighted by Crippen LogP contribution is 2.43. The summed E-state index contributed by atoms with van der Waals surface area (Å²) in [5.41, 5.74) is 0. The van der Waals surface area contributed by atoms with E-state index in [4.69, 9.17) is 9.47 Å². The summed E-state index contributed by atoms with van der Waals surface area (Å²) in [5.74, 6) is 3.49. The number of rotatable bonds is 15. The van der Waals surface area contributed by atoms with Crippen molar-refractivity contribution in [3.05, 3.63) is 12.3 Å². The standard InChI is InChI=1S/C23H43N3O3/c1-3-24-12-13-28-14-15-29-19(2)6-5-10-25-23(27)26-11-9-22-17-20-7-4-8-21(16-20)18-22/h20-22,24H,2-18H2,1H3,(H2,25,26,27). The topological polar surface area (TPSA) is 71.6 Å². The second-order valence-electron chi connectivity index (χ2n) is 8.66. The number of ether oxygens (including phenoxy) is 2. The fourth-order valence-electron chi connectivity index (χ4n) is 4.79. The third-order valence-corrected chi connectivity index (χ3v) is 6.19. The van der Waals surface area contributed by atoms with Gasteiger partial charge in [0.1, 0.15) is 6.61 Å². The van der Waals surface area contributed by atoms with Crippen LogP contribution >= 0.6 is 0 Å². The molecule has 0 heterocycles. The first-order valence-corrected chi connectivity index (χ1v) is 11.8. The predicted molar refractivity (Wildman–Crippen MR) is 118 cm³/mol. The molecule has 2 atom stereocenters. The SMILES string of the molecule is C=C(CCCNC(=O)NCCC1CC2CCCC(C2)C1)OCCOCCNCC. The largest absolute Gasteiger partial charge is 0.496 e. The Kier molecular flexibility index (Phi) is 12.1. The lowest BCUT2D eigenvalue weighted by atomic mass is 9.67. The minimum absolute atomic E-state index is 0.0541. The second kappa shape index (κ2) is 14.7. The predicted octanol–water partition coefficient (Wildman–Crippen LogP) is 3.83. The fraction of sp³-hybridized carbons (Fsp3) is 0.870. The molecule has 6 heteroatoms. The number of carbonyl (C=O) groups excluding carboxylic acids is 1. The maximum Gasteiger partial charge on any atom is 0.314 e. The van der Waals surface area contributed by atoms with E-state index in [2.05, 4.69) is 29.5 Å². The molecule has 0 aromatic rings. The van der Waals surface area contributed by atoms with Crippen molar-refractivity contribution in [1.82, 2.24) is 16.0 Å². The minimum Gasteiger partial charge on any atom is -0.496 e. The average Bonchev–Trinajstić information content (AvgIpc) is 2.70. The molecule has 2 aliphatic rings. The smallest absolute Gasteiger partial charge is 0.314 e. The van der Waals surface area contributed by atoms with Crippen LogP contribution in [-0.2, 0) is 9.47 Å². The van der Waals surface area contributed by atoms with Gasteiger partial charge in [0, 0.05) is 26.1 Å². The molecule has 0 spiro atoms. The van der Waals surface area contributed by atoms with Crippen molar-refractivity contribution in [2.45, 2.75) is 64.7 Å². The van der Waals surface area contributed by atoms with Gasteiger partial charge < -0.3 is 25.4 Å². The maximum atomic E-state index is 11.9. The highest BCUT2D eigenvalue weighted by atomic mass is 16.5. The van der Waals surface area contributed by atoms with Crippen LogP contribution in [-0.4, -0.2) is 52.0 Å². The lowest BCUT2D eigenvalue weighted by molar-refractivity contribution is 0.0751. The fourth-order valence-corrected chi connectivity index (χ4v) is 4.79. The molecule has 2 unspecified atom stereocenters. The normalized spacial score (nSPS) is 23.4. The number of nitrogens with one attached hydrogen (secondary N) is 3. The summed E-state index contributed by atoms with van der Waals surface area (Å²) in [5, 5.41) is 9.16. The second-order valence-corrected chi connectivity index (χ2v) is 8.66. The first-order valence-electron chi connectivity index (χ1n) is 11.8. The van der Waals surface area contributed by atoms with Crippen molar-refractivity contribution >= 4 is 6.03 Å². The third kappa shape index (κ3) is 10.9. The number of hydrogen-bond acceptors (Lipinski definition) is 4. The number of hydrogen-bond donors (Lipinski definition) is 3. The maximum absolute atomic E-state index is 11.9. The number of amides is 2. The van der Waals surface area contributed by atoms with E-state index in [0.717, 1.165) is 62.4 Å². The summed E-state index contributed by atoms with van der Waals surface area (Å²) in [4.78, 5) is 11.9. The zero-order valence-electron chi connectivity index (χ0n) is 18.5. The third-order valence-electron chi connectivity index (χ3n) is 6.19. The Morgan fingerprint density at radius 2 is 1.76 bits per heavy atom. The first kappa shape index (κ1) is 24.0. The average molecular weight is 410 g/mol. The monoisotopic (exact) mass is 409 g/mol. The molecule has 2 saturated carbocycles. The van der Waals surface area contributed by atoms with Crippen molar-refractivity contribution in [3.8, 4) is 0 Å². The molecule has 0 saturated heterocycles. The molecule has 2 fully saturated rings. The van der Waals surface area contributed by atoms with E-state index >= 15 is 0 Å². The van der Waals surface area contributed by atoms with Gasteiger partial charge in [0.05, 0.1) is 19.0 Å². The summed E-state index contributed by atoms with van der Waals surface area (Å²) < 4.78 is 11.0. The van der Waals surface area contributed by atoms with E-state index in [9.17, 15) is 4.79 Å². The van der Waals surface area contributed by atoms with E-state index in [1.807, 2.05) is 0 Å². The van der Waals surface area contributed by atoms with Gasteiger partial charge in [-0.25, -0.2) is 4.79 Å². The molecule has 0 aromatic carbocycles. The molecule has 2 bridgehead atoms. The van der Waals surface area contributed by atoms with Gasteiger partial charge in [-0.1, -0.05) is 32.8 Å². The quantitative estimate of drug-likeness (QED) is 0.284. The van der Waals surface area contributed by atoms with E-state index in [-0.39, 0.29) is 6.03 Å². The Labute approximate surface area is 177 Å². The van der Waals surface area contributed by atoms with Gasteiger partial charge in [0.25, 0.3) is 0 Å². The van der Waals surface area contributed by atoms with Crippen LogP contribution in [0.25, 0.3) is 0 Å². The van der Waals surface area contributed by atoms with Crippen LogP contribution in [0, 0.1) is 17.8 Å².